The second-order valence-electron chi connectivity index (χ2n) is 6.85. The van der Waals surface area contributed by atoms with Crippen molar-refractivity contribution in [1.82, 2.24) is 20.6 Å². The molecule has 34 heavy (non-hydrogen) atoms. The number of rotatable bonds is 5. The van der Waals surface area contributed by atoms with E-state index < -0.39 is 0 Å². The van der Waals surface area contributed by atoms with E-state index in [1.54, 1.807) is 37.0 Å². The van der Waals surface area contributed by atoms with Crippen LogP contribution in [-0.2, 0) is 0 Å². The summed E-state index contributed by atoms with van der Waals surface area (Å²) in [5.41, 5.74) is 3.82. The van der Waals surface area contributed by atoms with Crippen molar-refractivity contribution in [2.45, 2.75) is 6.92 Å². The number of methoxy groups -OCH3 is 2. The molecule has 0 fully saturated rings. The molecule has 0 saturated carbocycles. The zero-order valence-corrected chi connectivity index (χ0v) is 18.6. The second kappa shape index (κ2) is 10.8. The van der Waals surface area contributed by atoms with Crippen molar-refractivity contribution in [2.24, 2.45) is 0 Å². The summed E-state index contributed by atoms with van der Waals surface area (Å²) < 4.78 is 15.3. The topological polar surface area (TPSA) is 167 Å². The number of hydrogen-bond acceptors (Lipinski definition) is 10. The third-order valence-electron chi connectivity index (χ3n) is 4.67. The van der Waals surface area contributed by atoms with E-state index in [-0.39, 0.29) is 28.7 Å². The lowest BCUT2D eigenvalue weighted by Gasteiger charge is -2.06. The fourth-order valence-corrected chi connectivity index (χ4v) is 2.86. The number of hydroxylamine groups is 1. The molecule has 0 bridgehead atoms. The molecule has 0 spiro atoms. The molecule has 11 heteroatoms. The van der Waals surface area contributed by atoms with Crippen LogP contribution in [0.2, 0.25) is 0 Å². The van der Waals surface area contributed by atoms with E-state index in [1.807, 2.05) is 19.1 Å². The Balaban J connectivity index is 0.000000215. The lowest BCUT2D eigenvalue weighted by Crippen LogP contribution is -2.18. The number of phenolic OH excluding ortho intramolecular Hbond substituents is 2. The predicted molar refractivity (Wildman–Crippen MR) is 122 cm³/mol. The molecule has 0 aliphatic carbocycles. The van der Waals surface area contributed by atoms with Crippen molar-refractivity contribution in [3.05, 3.63) is 65.9 Å². The summed E-state index contributed by atoms with van der Waals surface area (Å²) in [4.78, 5) is 8.52. The largest absolute Gasteiger partial charge is 0.507 e. The minimum absolute atomic E-state index is 0.0564. The van der Waals surface area contributed by atoms with Gasteiger partial charge in [0.05, 0.1) is 25.3 Å². The Morgan fingerprint density at radius 2 is 1.68 bits per heavy atom. The summed E-state index contributed by atoms with van der Waals surface area (Å²) in [7, 11) is 3.03. The molecular weight excluding hydrogens is 442 g/mol. The predicted octanol–water partition coefficient (Wildman–Crippen LogP) is 3.53. The molecule has 0 aliphatic heterocycles. The lowest BCUT2D eigenvalue weighted by atomic mass is 10.2. The van der Waals surface area contributed by atoms with E-state index in [4.69, 9.17) is 24.6 Å². The Hall–Kier alpha value is -4.64. The molecule has 2 aromatic carbocycles. The van der Waals surface area contributed by atoms with Crippen molar-refractivity contribution in [3.8, 4) is 46.0 Å². The van der Waals surface area contributed by atoms with Gasteiger partial charge in [-0.1, -0.05) is 11.2 Å². The zero-order chi connectivity index (χ0) is 24.7. The molecule has 2 heterocycles. The van der Waals surface area contributed by atoms with Crippen LogP contribution in [0, 0.1) is 12.3 Å². The van der Waals surface area contributed by atoms with E-state index >= 15 is 0 Å². The number of aromatic hydroxyl groups is 2. The van der Waals surface area contributed by atoms with E-state index in [1.165, 1.54) is 25.3 Å². The van der Waals surface area contributed by atoms with E-state index in [2.05, 4.69) is 15.1 Å². The standard InChI is InChI=1S/C15H13N3O3.C8H10N2O3/c1-9-4-3-7-16-13(9)15-17-14(18-21-15)11-8-10(20-2)5-6-12(11)19;1-13-5-2-3-7(11)6(4-5)8(9)10-12/h3-8,19H,1-2H3;2-4,11-12H,1H3,(H2,9,10). The SMILES string of the molecule is COc1ccc(O)c(-c2noc(-c3ncccc3C)n2)c1.COc1ccc(O)c(C(=N)NO)c1. The fourth-order valence-electron chi connectivity index (χ4n) is 2.86. The highest BCUT2D eigenvalue weighted by molar-refractivity contribution is 5.98. The molecule has 0 unspecified atom stereocenters. The number of amidine groups is 1. The van der Waals surface area contributed by atoms with Crippen LogP contribution < -0.4 is 15.0 Å². The van der Waals surface area contributed by atoms with Crippen molar-refractivity contribution < 1.29 is 29.4 Å². The van der Waals surface area contributed by atoms with Crippen LogP contribution in [0.15, 0.2) is 59.3 Å². The fraction of sp³-hybridized carbons (Fsp3) is 0.130. The highest BCUT2D eigenvalue weighted by atomic mass is 16.5. The van der Waals surface area contributed by atoms with Crippen LogP contribution in [0.4, 0.5) is 0 Å². The molecule has 4 aromatic rings. The first-order valence-corrected chi connectivity index (χ1v) is 9.87. The van der Waals surface area contributed by atoms with Gasteiger partial charge in [-0.25, -0.2) is 0 Å². The van der Waals surface area contributed by atoms with Gasteiger partial charge < -0.3 is 24.2 Å². The van der Waals surface area contributed by atoms with Crippen LogP contribution in [0.1, 0.15) is 11.1 Å². The summed E-state index contributed by atoms with van der Waals surface area (Å²) >= 11 is 0. The maximum Gasteiger partial charge on any atom is 0.277 e. The minimum Gasteiger partial charge on any atom is -0.507 e. The summed E-state index contributed by atoms with van der Waals surface area (Å²) in [6.07, 6.45) is 1.66. The molecule has 0 aliphatic rings. The number of aromatic nitrogens is 3. The van der Waals surface area contributed by atoms with E-state index in [0.29, 0.717) is 28.6 Å². The van der Waals surface area contributed by atoms with E-state index in [0.717, 1.165) is 5.56 Å². The summed E-state index contributed by atoms with van der Waals surface area (Å²) in [5.74, 6) is 1.39. The Morgan fingerprint density at radius 3 is 2.32 bits per heavy atom. The average molecular weight is 465 g/mol. The van der Waals surface area contributed by atoms with Gasteiger partial charge in [0.15, 0.2) is 5.84 Å². The van der Waals surface area contributed by atoms with Crippen molar-refractivity contribution in [3.63, 3.8) is 0 Å². The Kier molecular flexibility index (Phi) is 7.62. The quantitative estimate of drug-likeness (QED) is 0.167. The number of phenols is 2. The lowest BCUT2D eigenvalue weighted by molar-refractivity contribution is 0.233. The number of benzene rings is 2. The van der Waals surface area contributed by atoms with Crippen molar-refractivity contribution >= 4 is 5.84 Å². The first-order chi connectivity index (χ1) is 16.4. The summed E-state index contributed by atoms with van der Waals surface area (Å²) in [5, 5.41) is 38.8. The number of hydrogen-bond donors (Lipinski definition) is 5. The smallest absolute Gasteiger partial charge is 0.277 e. The van der Waals surface area contributed by atoms with Gasteiger partial charge in [0.25, 0.3) is 5.89 Å². The first kappa shape index (κ1) is 24.0. The van der Waals surface area contributed by atoms with Gasteiger partial charge in [-0.3, -0.25) is 21.1 Å². The Bertz CT molecular complexity index is 1290. The molecule has 5 N–H and O–H groups in total. The highest BCUT2D eigenvalue weighted by Crippen LogP contribution is 2.32. The van der Waals surface area contributed by atoms with Gasteiger partial charge in [-0.15, -0.1) is 0 Å². The molecule has 0 atom stereocenters. The average Bonchev–Trinajstić information content (AvgIpc) is 3.34. The van der Waals surface area contributed by atoms with Crippen LogP contribution in [0.25, 0.3) is 23.0 Å². The highest BCUT2D eigenvalue weighted by Gasteiger charge is 2.16. The molecule has 11 nitrogen and oxygen atoms in total. The van der Waals surface area contributed by atoms with Gasteiger partial charge in [-0.05, 0) is 55.0 Å². The third kappa shape index (κ3) is 5.40. The van der Waals surface area contributed by atoms with Crippen LogP contribution in [0.3, 0.4) is 0 Å². The maximum absolute atomic E-state index is 9.93. The van der Waals surface area contributed by atoms with Crippen LogP contribution in [-0.4, -0.2) is 50.6 Å². The Morgan fingerprint density at radius 1 is 1.00 bits per heavy atom. The van der Waals surface area contributed by atoms with E-state index in [9.17, 15) is 10.2 Å². The normalized spacial score (nSPS) is 10.1. The zero-order valence-electron chi connectivity index (χ0n) is 18.6. The van der Waals surface area contributed by atoms with Gasteiger partial charge in [0.2, 0.25) is 5.82 Å². The Labute approximate surface area is 194 Å². The number of nitrogens with zero attached hydrogens (tertiary/aromatic N) is 3. The summed E-state index contributed by atoms with van der Waals surface area (Å²) in [6, 6.07) is 13.0. The molecule has 4 rings (SSSR count). The molecule has 176 valence electrons. The van der Waals surface area contributed by atoms with Crippen molar-refractivity contribution in [1.29, 1.82) is 5.41 Å². The van der Waals surface area contributed by atoms with Gasteiger partial charge in [0.1, 0.15) is 28.7 Å². The summed E-state index contributed by atoms with van der Waals surface area (Å²) in [6.45, 7) is 1.91. The number of pyridine rings is 1. The minimum atomic E-state index is -0.281. The number of ether oxygens (including phenoxy) is 2. The molecule has 0 amide bonds. The molecule has 2 aromatic heterocycles. The maximum atomic E-state index is 9.93. The second-order valence-corrected chi connectivity index (χ2v) is 6.85. The van der Waals surface area contributed by atoms with Crippen LogP contribution >= 0.6 is 0 Å². The van der Waals surface area contributed by atoms with Gasteiger partial charge >= 0.3 is 0 Å². The third-order valence-corrected chi connectivity index (χ3v) is 4.67. The number of nitrogens with one attached hydrogen (secondary N) is 2. The number of aryl methyl sites for hydroxylation is 1. The van der Waals surface area contributed by atoms with Crippen LogP contribution in [0.5, 0.6) is 23.0 Å². The first-order valence-electron chi connectivity index (χ1n) is 9.87. The molecular formula is C23H23N5O6. The van der Waals surface area contributed by atoms with Gasteiger partial charge in [0, 0.05) is 6.20 Å². The van der Waals surface area contributed by atoms with Gasteiger partial charge in [-0.2, -0.15) is 4.98 Å². The monoisotopic (exact) mass is 465 g/mol. The van der Waals surface area contributed by atoms with Crippen molar-refractivity contribution in [2.75, 3.05) is 14.2 Å². The molecule has 0 saturated heterocycles. The molecule has 0 radical (unpaired) electrons.